The maximum absolute atomic E-state index is 13.7. The van der Waals surface area contributed by atoms with Crippen molar-refractivity contribution in [2.45, 2.75) is 19.0 Å². The Balaban J connectivity index is 2.36. The van der Waals surface area contributed by atoms with Gasteiger partial charge in [-0.2, -0.15) is 18.3 Å². The number of hydrogen-bond acceptors (Lipinski definition) is 2. The van der Waals surface area contributed by atoms with Gasteiger partial charge in [0.2, 0.25) is 0 Å². The smallest absolute Gasteiger partial charge is 0.266 e. The monoisotopic (exact) mass is 259 g/mol. The molecule has 96 valence electrons. The Morgan fingerprint density at radius 2 is 2.00 bits per heavy atom. The fraction of sp³-hybridized carbons (Fsp3) is 0.273. The molecule has 0 aliphatic carbocycles. The van der Waals surface area contributed by atoms with E-state index in [9.17, 15) is 17.6 Å². The van der Waals surface area contributed by atoms with E-state index in [0.29, 0.717) is 11.9 Å². The van der Waals surface area contributed by atoms with E-state index in [4.69, 9.17) is 0 Å². The van der Waals surface area contributed by atoms with Crippen molar-refractivity contribution in [3.05, 3.63) is 47.3 Å². The first kappa shape index (κ1) is 12.5. The Bertz CT molecular complexity index is 534. The van der Waals surface area contributed by atoms with Crippen molar-refractivity contribution in [3.63, 3.8) is 0 Å². The summed E-state index contributed by atoms with van der Waals surface area (Å²) in [6.07, 6.45) is -3.22. The normalized spacial score (nSPS) is 13.6. The summed E-state index contributed by atoms with van der Waals surface area (Å²) >= 11 is 0. The number of alkyl halides is 3. The molecule has 7 heteroatoms. The maximum atomic E-state index is 13.7. The van der Waals surface area contributed by atoms with Crippen molar-refractivity contribution < 1.29 is 17.6 Å². The summed E-state index contributed by atoms with van der Waals surface area (Å²) in [6.45, 7) is 1.62. The van der Waals surface area contributed by atoms with Crippen molar-refractivity contribution in [1.29, 1.82) is 0 Å². The predicted octanol–water partition coefficient (Wildman–Crippen LogP) is 3.11. The van der Waals surface area contributed by atoms with Gasteiger partial charge in [-0.1, -0.05) is 13.0 Å². The highest BCUT2D eigenvalue weighted by atomic mass is 19.4. The molecule has 0 amide bonds. The van der Waals surface area contributed by atoms with Gasteiger partial charge in [0, 0.05) is 5.92 Å². The first-order chi connectivity index (χ1) is 8.39. The summed E-state index contributed by atoms with van der Waals surface area (Å²) in [5.41, 5.74) is -0.881. The molecule has 2 aromatic rings. The average Bonchev–Trinajstić information content (AvgIpc) is 2.80. The van der Waals surface area contributed by atoms with Crippen LogP contribution in [0.1, 0.15) is 29.8 Å². The zero-order valence-electron chi connectivity index (χ0n) is 9.29. The molecule has 0 radical (unpaired) electrons. The van der Waals surface area contributed by atoms with E-state index in [0.717, 1.165) is 12.1 Å². The van der Waals surface area contributed by atoms with Crippen molar-refractivity contribution in [3.8, 4) is 0 Å². The van der Waals surface area contributed by atoms with Crippen molar-refractivity contribution in [2.75, 3.05) is 0 Å². The number of benzene rings is 1. The number of nitrogens with one attached hydrogen (secondary N) is 1. The second-order valence-electron chi connectivity index (χ2n) is 3.81. The average molecular weight is 259 g/mol. The van der Waals surface area contributed by atoms with Crippen LogP contribution >= 0.6 is 0 Å². The Kier molecular flexibility index (Phi) is 3.06. The summed E-state index contributed by atoms with van der Waals surface area (Å²) in [5, 5.41) is 6.25. The van der Waals surface area contributed by atoms with Gasteiger partial charge < -0.3 is 0 Å². The van der Waals surface area contributed by atoms with E-state index in [2.05, 4.69) is 15.2 Å². The molecule has 2 rings (SSSR count). The minimum Gasteiger partial charge on any atom is -0.266 e. The predicted molar refractivity (Wildman–Crippen MR) is 55.3 cm³/mol. The Hall–Kier alpha value is -1.92. The number of hydrogen-bond donors (Lipinski definition) is 1. The van der Waals surface area contributed by atoms with Crippen LogP contribution in [0.2, 0.25) is 0 Å². The Morgan fingerprint density at radius 1 is 1.28 bits per heavy atom. The van der Waals surface area contributed by atoms with E-state index in [1.807, 2.05) is 0 Å². The third-order valence-corrected chi connectivity index (χ3v) is 2.62. The molecule has 1 aromatic carbocycles. The Labute approximate surface area is 99.9 Å². The van der Waals surface area contributed by atoms with Crippen LogP contribution in [-0.4, -0.2) is 15.2 Å². The summed E-state index contributed by atoms with van der Waals surface area (Å²) in [5.74, 6) is -1.10. The fourth-order valence-electron chi connectivity index (χ4n) is 1.62. The third kappa shape index (κ3) is 2.34. The van der Waals surface area contributed by atoms with Crippen LogP contribution in [0.15, 0.2) is 24.5 Å². The van der Waals surface area contributed by atoms with Crippen LogP contribution in [0.3, 0.4) is 0 Å². The topological polar surface area (TPSA) is 41.6 Å². The van der Waals surface area contributed by atoms with E-state index >= 15 is 0 Å². The molecule has 1 heterocycles. The lowest BCUT2D eigenvalue weighted by molar-refractivity contribution is -0.137. The number of rotatable bonds is 2. The van der Waals surface area contributed by atoms with Crippen LogP contribution in [0, 0.1) is 5.82 Å². The highest BCUT2D eigenvalue weighted by Gasteiger charge is 2.31. The molecular weight excluding hydrogens is 250 g/mol. The van der Waals surface area contributed by atoms with Crippen LogP contribution < -0.4 is 0 Å². The molecule has 1 aromatic heterocycles. The molecular formula is C11H9F4N3. The zero-order chi connectivity index (χ0) is 13.3. The highest BCUT2D eigenvalue weighted by Crippen LogP contribution is 2.32. The van der Waals surface area contributed by atoms with E-state index in [-0.39, 0.29) is 5.56 Å². The van der Waals surface area contributed by atoms with E-state index in [1.165, 1.54) is 6.33 Å². The number of nitrogens with zero attached hydrogens (tertiary/aromatic N) is 2. The fourth-order valence-corrected chi connectivity index (χ4v) is 1.62. The highest BCUT2D eigenvalue weighted by molar-refractivity contribution is 5.31. The first-order valence-corrected chi connectivity index (χ1v) is 5.12. The minimum absolute atomic E-state index is 0.127. The van der Waals surface area contributed by atoms with E-state index in [1.54, 1.807) is 6.92 Å². The van der Waals surface area contributed by atoms with Gasteiger partial charge in [-0.25, -0.2) is 9.37 Å². The summed E-state index contributed by atoms with van der Waals surface area (Å²) in [4.78, 5) is 3.85. The second-order valence-corrected chi connectivity index (χ2v) is 3.81. The molecule has 0 spiro atoms. The first-order valence-electron chi connectivity index (χ1n) is 5.12. The van der Waals surface area contributed by atoms with Gasteiger partial charge in [-0.15, -0.1) is 0 Å². The standard InChI is InChI=1S/C11H9F4N3/c1-6(10-16-5-17-18-10)8-3-2-7(4-9(8)12)11(13,14)15/h2-6H,1H3,(H,16,17,18). The van der Waals surface area contributed by atoms with Crippen LogP contribution in [-0.2, 0) is 6.18 Å². The molecule has 1 unspecified atom stereocenters. The number of aromatic amines is 1. The minimum atomic E-state index is -4.55. The molecule has 18 heavy (non-hydrogen) atoms. The lowest BCUT2D eigenvalue weighted by Gasteiger charge is -2.12. The lowest BCUT2D eigenvalue weighted by Crippen LogP contribution is -2.08. The van der Waals surface area contributed by atoms with Crippen LogP contribution in [0.5, 0.6) is 0 Å². The quantitative estimate of drug-likeness (QED) is 0.842. The molecule has 1 N–H and O–H groups in total. The van der Waals surface area contributed by atoms with Gasteiger partial charge in [0.1, 0.15) is 12.1 Å². The van der Waals surface area contributed by atoms with Crippen molar-refractivity contribution >= 4 is 0 Å². The molecule has 1 atom stereocenters. The van der Waals surface area contributed by atoms with Crippen molar-refractivity contribution in [2.24, 2.45) is 0 Å². The maximum Gasteiger partial charge on any atom is 0.416 e. The van der Waals surface area contributed by atoms with Crippen molar-refractivity contribution in [1.82, 2.24) is 15.2 Å². The molecule has 0 saturated heterocycles. The SMILES string of the molecule is CC(c1nc[nH]n1)c1ccc(C(F)(F)F)cc1F. The van der Waals surface area contributed by atoms with Crippen LogP contribution in [0.4, 0.5) is 17.6 Å². The summed E-state index contributed by atoms with van der Waals surface area (Å²) in [7, 11) is 0. The summed E-state index contributed by atoms with van der Waals surface area (Å²) in [6, 6.07) is 2.44. The number of H-pyrrole nitrogens is 1. The van der Waals surface area contributed by atoms with Crippen LogP contribution in [0.25, 0.3) is 0 Å². The second kappa shape index (κ2) is 4.40. The van der Waals surface area contributed by atoms with Gasteiger partial charge in [-0.3, -0.25) is 5.10 Å². The summed E-state index contributed by atoms with van der Waals surface area (Å²) < 4.78 is 50.8. The molecule has 3 nitrogen and oxygen atoms in total. The number of aromatic nitrogens is 3. The van der Waals surface area contributed by atoms with Gasteiger partial charge in [-0.05, 0) is 17.7 Å². The third-order valence-electron chi connectivity index (χ3n) is 2.62. The molecule has 0 saturated carbocycles. The van der Waals surface area contributed by atoms with Gasteiger partial charge in [0.15, 0.2) is 5.82 Å². The molecule has 0 fully saturated rings. The number of halogens is 4. The zero-order valence-corrected chi connectivity index (χ0v) is 9.29. The molecule has 0 aliphatic heterocycles. The van der Waals surface area contributed by atoms with Gasteiger partial charge in [0.25, 0.3) is 0 Å². The van der Waals surface area contributed by atoms with Gasteiger partial charge >= 0.3 is 6.18 Å². The van der Waals surface area contributed by atoms with E-state index < -0.39 is 23.5 Å². The largest absolute Gasteiger partial charge is 0.416 e. The van der Waals surface area contributed by atoms with Gasteiger partial charge in [0.05, 0.1) is 5.56 Å². The Morgan fingerprint density at radius 3 is 2.50 bits per heavy atom. The molecule has 0 bridgehead atoms. The molecule has 0 aliphatic rings. The lowest BCUT2D eigenvalue weighted by atomic mass is 9.98.